The minimum absolute atomic E-state index is 0.821. The van der Waals surface area contributed by atoms with Crippen LogP contribution in [0.5, 0.6) is 0 Å². The van der Waals surface area contributed by atoms with Gasteiger partial charge < -0.3 is 4.90 Å². The molecule has 1 saturated heterocycles. The molecule has 0 N–H and O–H groups in total. The van der Waals surface area contributed by atoms with E-state index >= 15 is 0 Å². The zero-order chi connectivity index (χ0) is 9.42. The smallest absolute Gasteiger partial charge is 0.0149 e. The Balaban J connectivity index is 2.10. The van der Waals surface area contributed by atoms with Crippen molar-refractivity contribution in [2.45, 2.75) is 58.0 Å². The van der Waals surface area contributed by atoms with Gasteiger partial charge in [0.25, 0.3) is 0 Å². The monoisotopic (exact) mass is 181 g/mol. The van der Waals surface area contributed by atoms with Crippen molar-refractivity contribution < 1.29 is 0 Å². The number of nitrogens with zero attached hydrogens (tertiary/aromatic N) is 1. The third-order valence-corrected chi connectivity index (χ3v) is 4.42. The van der Waals surface area contributed by atoms with E-state index in [2.05, 4.69) is 25.8 Å². The Morgan fingerprint density at radius 1 is 1.00 bits per heavy atom. The largest absolute Gasteiger partial charge is 0.300 e. The summed E-state index contributed by atoms with van der Waals surface area (Å²) < 4.78 is 0. The van der Waals surface area contributed by atoms with Crippen LogP contribution in [-0.4, -0.2) is 24.0 Å². The molecule has 2 fully saturated rings. The summed E-state index contributed by atoms with van der Waals surface area (Å²) in [7, 11) is 2.34. The van der Waals surface area contributed by atoms with Crippen LogP contribution in [0.3, 0.4) is 0 Å². The van der Waals surface area contributed by atoms with Crippen molar-refractivity contribution >= 4 is 0 Å². The second-order valence-electron chi connectivity index (χ2n) is 5.25. The molecule has 0 aromatic heterocycles. The summed E-state index contributed by atoms with van der Waals surface area (Å²) in [5.41, 5.74) is 0. The first-order valence-corrected chi connectivity index (χ1v) is 5.92. The zero-order valence-electron chi connectivity index (χ0n) is 9.29. The van der Waals surface area contributed by atoms with Crippen LogP contribution in [0, 0.1) is 11.8 Å². The third kappa shape index (κ3) is 1.63. The highest BCUT2D eigenvalue weighted by Gasteiger charge is 2.38. The van der Waals surface area contributed by atoms with Crippen molar-refractivity contribution in [2.75, 3.05) is 7.05 Å². The van der Waals surface area contributed by atoms with E-state index in [0.29, 0.717) is 0 Å². The summed E-state index contributed by atoms with van der Waals surface area (Å²) in [5, 5.41) is 0. The van der Waals surface area contributed by atoms with Crippen LogP contribution < -0.4 is 0 Å². The summed E-state index contributed by atoms with van der Waals surface area (Å²) in [6, 6.07) is 1.72. The van der Waals surface area contributed by atoms with Gasteiger partial charge in [0.05, 0.1) is 0 Å². The number of hydrogen-bond acceptors (Lipinski definition) is 1. The summed E-state index contributed by atoms with van der Waals surface area (Å²) in [5.74, 6) is 1.96. The molecular formula is C12H23N. The van der Waals surface area contributed by atoms with Crippen LogP contribution in [0.25, 0.3) is 0 Å². The van der Waals surface area contributed by atoms with E-state index in [1.807, 2.05) is 0 Å². The lowest BCUT2D eigenvalue weighted by molar-refractivity contribution is 0.0116. The minimum Gasteiger partial charge on any atom is -0.300 e. The maximum absolute atomic E-state index is 2.65. The molecule has 2 aliphatic rings. The lowest BCUT2D eigenvalue weighted by Crippen LogP contribution is -2.52. The second-order valence-corrected chi connectivity index (χ2v) is 5.25. The van der Waals surface area contributed by atoms with Crippen LogP contribution in [0.2, 0.25) is 0 Å². The molecule has 0 unspecified atom stereocenters. The Morgan fingerprint density at radius 2 is 1.77 bits per heavy atom. The topological polar surface area (TPSA) is 3.24 Å². The Hall–Kier alpha value is -0.0400. The Labute approximate surface area is 82.5 Å². The average Bonchev–Trinajstić information content (AvgIpc) is 2.12. The molecule has 0 aromatic carbocycles. The maximum Gasteiger partial charge on any atom is 0.0149 e. The van der Waals surface area contributed by atoms with Crippen molar-refractivity contribution in [2.24, 2.45) is 11.8 Å². The van der Waals surface area contributed by atoms with Crippen LogP contribution >= 0.6 is 0 Å². The van der Waals surface area contributed by atoms with Crippen molar-refractivity contribution in [1.29, 1.82) is 0 Å². The van der Waals surface area contributed by atoms with Gasteiger partial charge in [-0.2, -0.15) is 0 Å². The molecule has 0 aromatic rings. The Kier molecular flexibility index (Phi) is 2.64. The van der Waals surface area contributed by atoms with E-state index in [4.69, 9.17) is 0 Å². The maximum atomic E-state index is 2.65. The summed E-state index contributed by atoms with van der Waals surface area (Å²) >= 11 is 0. The molecule has 1 heteroatoms. The van der Waals surface area contributed by atoms with E-state index in [0.717, 1.165) is 23.9 Å². The molecule has 0 radical (unpaired) electrons. The molecule has 0 spiro atoms. The van der Waals surface area contributed by atoms with E-state index in [9.17, 15) is 0 Å². The van der Waals surface area contributed by atoms with Gasteiger partial charge in [0, 0.05) is 12.1 Å². The predicted molar refractivity (Wildman–Crippen MR) is 56.8 cm³/mol. The Bertz CT molecular complexity index is 176. The summed E-state index contributed by atoms with van der Waals surface area (Å²) in [4.78, 5) is 2.65. The molecule has 2 rings (SSSR count). The number of likely N-dealkylation sites (tertiary alicyclic amines) is 1. The molecule has 76 valence electrons. The highest BCUT2D eigenvalue weighted by molar-refractivity contribution is 4.92. The zero-order valence-corrected chi connectivity index (χ0v) is 9.29. The fraction of sp³-hybridized carbons (Fsp3) is 1.00. The molecular weight excluding hydrogens is 158 g/mol. The molecule has 1 aliphatic heterocycles. The van der Waals surface area contributed by atoms with Crippen LogP contribution in [-0.2, 0) is 0 Å². The highest BCUT2D eigenvalue weighted by atomic mass is 15.2. The van der Waals surface area contributed by atoms with E-state index in [-0.39, 0.29) is 0 Å². The molecule has 13 heavy (non-hydrogen) atoms. The quantitative estimate of drug-likeness (QED) is 0.555. The van der Waals surface area contributed by atoms with E-state index in [1.165, 1.54) is 32.1 Å². The lowest BCUT2D eigenvalue weighted by atomic mass is 9.72. The number of rotatable bonds is 0. The van der Waals surface area contributed by atoms with Gasteiger partial charge in [0.15, 0.2) is 0 Å². The van der Waals surface area contributed by atoms with Gasteiger partial charge in [-0.15, -0.1) is 0 Å². The van der Waals surface area contributed by atoms with Gasteiger partial charge in [-0.25, -0.2) is 0 Å². The standard InChI is InChI=1S/C12H23N/c1-9-5-4-6-11-8-7-10(2)13(3)12(9)11/h9-12H,4-8H2,1-3H3/t9-,10-,11-,12+/m1/s1. The Morgan fingerprint density at radius 3 is 2.54 bits per heavy atom. The summed E-state index contributed by atoms with van der Waals surface area (Å²) in [6.45, 7) is 4.84. The predicted octanol–water partition coefficient (Wildman–Crippen LogP) is 2.91. The van der Waals surface area contributed by atoms with Crippen molar-refractivity contribution in [3.63, 3.8) is 0 Å². The number of fused-ring (bicyclic) bond motifs is 1. The lowest BCUT2D eigenvalue weighted by Gasteiger charge is -2.49. The van der Waals surface area contributed by atoms with Gasteiger partial charge >= 0.3 is 0 Å². The SMILES string of the molecule is C[C@@H]1CCC[C@@H]2CC[C@@H](C)N(C)[C@H]21. The van der Waals surface area contributed by atoms with Crippen molar-refractivity contribution in [3.8, 4) is 0 Å². The molecule has 4 atom stereocenters. The van der Waals surface area contributed by atoms with Gasteiger partial charge in [0.2, 0.25) is 0 Å². The van der Waals surface area contributed by atoms with Gasteiger partial charge in [0.1, 0.15) is 0 Å². The third-order valence-electron chi connectivity index (χ3n) is 4.42. The van der Waals surface area contributed by atoms with Crippen LogP contribution in [0.15, 0.2) is 0 Å². The first kappa shape index (κ1) is 9.51. The molecule has 1 heterocycles. The van der Waals surface area contributed by atoms with Gasteiger partial charge in [-0.3, -0.25) is 0 Å². The highest BCUT2D eigenvalue weighted by Crippen LogP contribution is 2.39. The molecule has 1 nitrogen and oxygen atoms in total. The molecule has 1 saturated carbocycles. The first-order valence-electron chi connectivity index (χ1n) is 5.92. The number of hydrogen-bond donors (Lipinski definition) is 0. The van der Waals surface area contributed by atoms with Gasteiger partial charge in [-0.05, 0) is 51.5 Å². The minimum atomic E-state index is 0.821. The molecule has 1 aliphatic carbocycles. The van der Waals surface area contributed by atoms with Crippen molar-refractivity contribution in [3.05, 3.63) is 0 Å². The van der Waals surface area contributed by atoms with E-state index < -0.39 is 0 Å². The fourth-order valence-electron chi connectivity index (χ4n) is 3.51. The normalized spacial score (nSPS) is 47.3. The molecule has 0 bridgehead atoms. The van der Waals surface area contributed by atoms with Gasteiger partial charge in [-0.1, -0.05) is 13.3 Å². The second kappa shape index (κ2) is 3.61. The van der Waals surface area contributed by atoms with Crippen LogP contribution in [0.1, 0.15) is 46.0 Å². The number of piperidine rings is 1. The fourth-order valence-corrected chi connectivity index (χ4v) is 3.51. The molecule has 0 amide bonds. The average molecular weight is 181 g/mol. The van der Waals surface area contributed by atoms with Crippen LogP contribution in [0.4, 0.5) is 0 Å². The first-order chi connectivity index (χ1) is 6.20. The summed E-state index contributed by atoms with van der Waals surface area (Å²) in [6.07, 6.45) is 7.33. The van der Waals surface area contributed by atoms with Crippen molar-refractivity contribution in [1.82, 2.24) is 4.90 Å². The van der Waals surface area contributed by atoms with E-state index in [1.54, 1.807) is 0 Å².